The number of aromatic nitrogens is 2. The van der Waals surface area contributed by atoms with Gasteiger partial charge in [0.15, 0.2) is 0 Å². The molecule has 0 aliphatic carbocycles. The summed E-state index contributed by atoms with van der Waals surface area (Å²) in [6, 6.07) is 14.4. The molecule has 18 heavy (non-hydrogen) atoms. The summed E-state index contributed by atoms with van der Waals surface area (Å²) in [4.78, 5) is 4.59. The molecule has 0 aliphatic heterocycles. The van der Waals surface area contributed by atoms with Crippen molar-refractivity contribution < 1.29 is 0 Å². The Kier molecular flexibility index (Phi) is 2.61. The summed E-state index contributed by atoms with van der Waals surface area (Å²) in [5, 5.41) is 0. The number of pyridine rings is 1. The van der Waals surface area contributed by atoms with Crippen LogP contribution in [0.3, 0.4) is 0 Å². The third-order valence-corrected chi connectivity index (χ3v) is 3.14. The van der Waals surface area contributed by atoms with E-state index in [4.69, 9.17) is 5.73 Å². The molecule has 3 nitrogen and oxygen atoms in total. The monoisotopic (exact) mass is 237 g/mol. The minimum atomic E-state index is 0.543. The van der Waals surface area contributed by atoms with Gasteiger partial charge in [-0.25, -0.2) is 4.98 Å². The Morgan fingerprint density at radius 3 is 2.61 bits per heavy atom. The van der Waals surface area contributed by atoms with Gasteiger partial charge in [-0.3, -0.25) is 4.40 Å². The fourth-order valence-corrected chi connectivity index (χ4v) is 2.27. The predicted molar refractivity (Wildman–Crippen MR) is 73.3 cm³/mol. The first kappa shape index (κ1) is 11.0. The molecule has 2 N–H and O–H groups in total. The topological polar surface area (TPSA) is 43.3 Å². The summed E-state index contributed by atoms with van der Waals surface area (Å²) in [7, 11) is 0. The molecule has 0 saturated heterocycles. The zero-order valence-electron chi connectivity index (χ0n) is 10.3. The SMILES string of the molecule is Cc1nc2ccc(CN)cn2c1-c1ccccc1. The normalized spacial score (nSPS) is 11.0. The fourth-order valence-electron chi connectivity index (χ4n) is 2.27. The number of hydrogen-bond donors (Lipinski definition) is 1. The molecule has 0 saturated carbocycles. The lowest BCUT2D eigenvalue weighted by molar-refractivity contribution is 1.03. The molecule has 0 bridgehead atoms. The molecule has 3 heteroatoms. The van der Waals surface area contributed by atoms with Gasteiger partial charge in [-0.05, 0) is 18.6 Å². The molecule has 0 unspecified atom stereocenters. The van der Waals surface area contributed by atoms with E-state index in [0.717, 1.165) is 22.6 Å². The van der Waals surface area contributed by atoms with Gasteiger partial charge in [-0.15, -0.1) is 0 Å². The molecule has 0 spiro atoms. The Morgan fingerprint density at radius 2 is 1.89 bits per heavy atom. The highest BCUT2D eigenvalue weighted by molar-refractivity contribution is 5.67. The second kappa shape index (κ2) is 4.27. The van der Waals surface area contributed by atoms with Crippen molar-refractivity contribution in [3.8, 4) is 11.3 Å². The maximum absolute atomic E-state index is 5.70. The number of rotatable bonds is 2. The Bertz CT molecular complexity index is 684. The first-order chi connectivity index (χ1) is 8.79. The lowest BCUT2D eigenvalue weighted by atomic mass is 10.1. The van der Waals surface area contributed by atoms with Crippen LogP contribution in [0.1, 0.15) is 11.3 Å². The Morgan fingerprint density at radius 1 is 1.11 bits per heavy atom. The zero-order valence-corrected chi connectivity index (χ0v) is 10.3. The molecular weight excluding hydrogens is 222 g/mol. The van der Waals surface area contributed by atoms with Crippen LogP contribution >= 0.6 is 0 Å². The number of benzene rings is 1. The molecular formula is C15H15N3. The van der Waals surface area contributed by atoms with Crippen molar-refractivity contribution in [1.29, 1.82) is 0 Å². The highest BCUT2D eigenvalue weighted by atomic mass is 15.0. The van der Waals surface area contributed by atoms with Crippen LogP contribution in [0.25, 0.3) is 16.9 Å². The van der Waals surface area contributed by atoms with Crippen molar-refractivity contribution in [1.82, 2.24) is 9.38 Å². The Hall–Kier alpha value is -2.13. The fraction of sp³-hybridized carbons (Fsp3) is 0.133. The van der Waals surface area contributed by atoms with Crippen LogP contribution in [0.4, 0.5) is 0 Å². The van der Waals surface area contributed by atoms with Crippen molar-refractivity contribution in [2.45, 2.75) is 13.5 Å². The molecule has 2 heterocycles. The summed E-state index contributed by atoms with van der Waals surface area (Å²) in [6.07, 6.45) is 2.07. The summed E-state index contributed by atoms with van der Waals surface area (Å²) >= 11 is 0. The second-order valence-corrected chi connectivity index (χ2v) is 4.38. The highest BCUT2D eigenvalue weighted by Gasteiger charge is 2.10. The van der Waals surface area contributed by atoms with Gasteiger partial charge < -0.3 is 5.73 Å². The summed E-state index contributed by atoms with van der Waals surface area (Å²) < 4.78 is 2.12. The number of nitrogens with two attached hydrogens (primary N) is 1. The van der Waals surface area contributed by atoms with Crippen molar-refractivity contribution in [3.63, 3.8) is 0 Å². The van der Waals surface area contributed by atoms with E-state index in [1.54, 1.807) is 0 Å². The number of imidazole rings is 1. The van der Waals surface area contributed by atoms with E-state index < -0.39 is 0 Å². The predicted octanol–water partition coefficient (Wildman–Crippen LogP) is 2.77. The minimum Gasteiger partial charge on any atom is -0.326 e. The molecule has 0 radical (unpaired) electrons. The van der Waals surface area contributed by atoms with Crippen LogP contribution in [-0.2, 0) is 6.54 Å². The van der Waals surface area contributed by atoms with Crippen LogP contribution in [0, 0.1) is 6.92 Å². The number of fused-ring (bicyclic) bond motifs is 1. The van der Waals surface area contributed by atoms with Gasteiger partial charge in [0, 0.05) is 18.3 Å². The Labute approximate surface area is 106 Å². The van der Waals surface area contributed by atoms with E-state index in [2.05, 4.69) is 27.7 Å². The van der Waals surface area contributed by atoms with E-state index >= 15 is 0 Å². The van der Waals surface area contributed by atoms with Crippen molar-refractivity contribution in [2.75, 3.05) is 0 Å². The van der Waals surface area contributed by atoms with Crippen LogP contribution in [0.2, 0.25) is 0 Å². The van der Waals surface area contributed by atoms with Crippen LogP contribution in [0.15, 0.2) is 48.7 Å². The minimum absolute atomic E-state index is 0.543. The summed E-state index contributed by atoms with van der Waals surface area (Å²) in [5.41, 5.74) is 11.1. The van der Waals surface area contributed by atoms with Gasteiger partial charge in [0.1, 0.15) is 5.65 Å². The van der Waals surface area contributed by atoms with Gasteiger partial charge in [0.05, 0.1) is 11.4 Å². The third kappa shape index (κ3) is 1.69. The number of hydrogen-bond acceptors (Lipinski definition) is 2. The van der Waals surface area contributed by atoms with E-state index in [-0.39, 0.29) is 0 Å². The van der Waals surface area contributed by atoms with Crippen LogP contribution in [-0.4, -0.2) is 9.38 Å². The average Bonchev–Trinajstić information content (AvgIpc) is 2.74. The molecule has 90 valence electrons. The van der Waals surface area contributed by atoms with Gasteiger partial charge >= 0.3 is 0 Å². The maximum Gasteiger partial charge on any atom is 0.137 e. The first-order valence-electron chi connectivity index (χ1n) is 6.02. The van der Waals surface area contributed by atoms with Crippen LogP contribution in [0.5, 0.6) is 0 Å². The largest absolute Gasteiger partial charge is 0.326 e. The molecule has 3 rings (SSSR count). The first-order valence-corrected chi connectivity index (χ1v) is 6.02. The van der Waals surface area contributed by atoms with E-state index in [0.29, 0.717) is 6.54 Å². The molecule has 0 amide bonds. The zero-order chi connectivity index (χ0) is 12.5. The number of nitrogens with zero attached hydrogens (tertiary/aromatic N) is 2. The smallest absolute Gasteiger partial charge is 0.137 e. The lowest BCUT2D eigenvalue weighted by Crippen LogP contribution is -1.99. The third-order valence-electron chi connectivity index (χ3n) is 3.14. The molecule has 0 fully saturated rings. The number of aryl methyl sites for hydroxylation is 1. The maximum atomic E-state index is 5.70. The van der Waals surface area contributed by atoms with Gasteiger partial charge in [-0.2, -0.15) is 0 Å². The van der Waals surface area contributed by atoms with Crippen molar-refractivity contribution in [2.24, 2.45) is 5.73 Å². The second-order valence-electron chi connectivity index (χ2n) is 4.38. The van der Waals surface area contributed by atoms with E-state index in [9.17, 15) is 0 Å². The van der Waals surface area contributed by atoms with Crippen molar-refractivity contribution in [3.05, 3.63) is 59.9 Å². The standard InChI is InChI=1S/C15H15N3/c1-11-15(13-5-3-2-4-6-13)18-10-12(9-16)7-8-14(18)17-11/h2-8,10H,9,16H2,1H3. The van der Waals surface area contributed by atoms with Gasteiger partial charge in [0.25, 0.3) is 0 Å². The van der Waals surface area contributed by atoms with Gasteiger partial charge in [0.2, 0.25) is 0 Å². The van der Waals surface area contributed by atoms with E-state index in [1.807, 2.05) is 37.3 Å². The van der Waals surface area contributed by atoms with Crippen LogP contribution < -0.4 is 5.73 Å². The average molecular weight is 237 g/mol. The summed E-state index contributed by atoms with van der Waals surface area (Å²) in [6.45, 7) is 2.58. The van der Waals surface area contributed by atoms with Gasteiger partial charge in [-0.1, -0.05) is 36.4 Å². The summed E-state index contributed by atoms with van der Waals surface area (Å²) in [5.74, 6) is 0. The molecule has 3 aromatic rings. The molecule has 0 atom stereocenters. The Balaban J connectivity index is 2.30. The molecule has 2 aromatic heterocycles. The van der Waals surface area contributed by atoms with E-state index in [1.165, 1.54) is 5.56 Å². The molecule has 0 aliphatic rings. The molecule has 1 aromatic carbocycles. The lowest BCUT2D eigenvalue weighted by Gasteiger charge is -2.04. The van der Waals surface area contributed by atoms with Crippen molar-refractivity contribution >= 4 is 5.65 Å². The quantitative estimate of drug-likeness (QED) is 0.744. The highest BCUT2D eigenvalue weighted by Crippen LogP contribution is 2.24.